The lowest BCUT2D eigenvalue weighted by atomic mass is 10.1. The predicted octanol–water partition coefficient (Wildman–Crippen LogP) is 4.03. The van der Waals surface area contributed by atoms with E-state index in [-0.39, 0.29) is 0 Å². The number of rotatable bonds is 9. The molecule has 1 aliphatic rings. The van der Waals surface area contributed by atoms with Crippen LogP contribution in [0, 0.1) is 0 Å². The third kappa shape index (κ3) is 5.09. The lowest BCUT2D eigenvalue weighted by Gasteiger charge is -2.11. The third-order valence-corrected chi connectivity index (χ3v) is 3.67. The van der Waals surface area contributed by atoms with E-state index >= 15 is 0 Å². The quantitative estimate of drug-likeness (QED) is 0.744. The first-order valence-corrected chi connectivity index (χ1v) is 8.00. The van der Waals surface area contributed by atoms with Crippen molar-refractivity contribution in [3.8, 4) is 11.5 Å². The van der Waals surface area contributed by atoms with Crippen LogP contribution < -0.4 is 14.8 Å². The van der Waals surface area contributed by atoms with Crippen LogP contribution in [0.25, 0.3) is 6.08 Å². The first-order chi connectivity index (χ1) is 10.3. The Morgan fingerprint density at radius 2 is 2.10 bits per heavy atom. The van der Waals surface area contributed by atoms with Gasteiger partial charge in [-0.05, 0) is 43.4 Å². The van der Waals surface area contributed by atoms with Crippen molar-refractivity contribution in [1.82, 2.24) is 5.32 Å². The summed E-state index contributed by atoms with van der Waals surface area (Å²) in [6.45, 7) is 6.01. The van der Waals surface area contributed by atoms with Crippen LogP contribution in [0.5, 0.6) is 11.5 Å². The van der Waals surface area contributed by atoms with Gasteiger partial charge in [0.1, 0.15) is 0 Å². The average molecular weight is 289 g/mol. The molecule has 0 saturated heterocycles. The number of methoxy groups -OCH3 is 1. The van der Waals surface area contributed by atoms with Crippen molar-refractivity contribution in [2.45, 2.75) is 45.6 Å². The molecule has 0 heterocycles. The molecule has 1 aromatic carbocycles. The molecule has 0 bridgehead atoms. The van der Waals surface area contributed by atoms with Crippen LogP contribution in [0.4, 0.5) is 0 Å². The Morgan fingerprint density at radius 1 is 1.29 bits per heavy atom. The van der Waals surface area contributed by atoms with Gasteiger partial charge in [-0.15, -0.1) is 0 Å². The van der Waals surface area contributed by atoms with Crippen LogP contribution >= 0.6 is 0 Å². The van der Waals surface area contributed by atoms with E-state index in [4.69, 9.17) is 9.47 Å². The van der Waals surface area contributed by atoms with E-state index in [1.165, 1.54) is 24.0 Å². The van der Waals surface area contributed by atoms with Crippen molar-refractivity contribution in [3.05, 3.63) is 29.3 Å². The molecule has 0 aliphatic heterocycles. The highest BCUT2D eigenvalue weighted by molar-refractivity contribution is 5.58. The second-order valence-corrected chi connectivity index (χ2v) is 5.57. The number of nitrogens with one attached hydrogen (secondary N) is 1. The van der Waals surface area contributed by atoms with E-state index in [0.29, 0.717) is 0 Å². The number of ether oxygens (including phenoxy) is 2. The van der Waals surface area contributed by atoms with Gasteiger partial charge >= 0.3 is 0 Å². The highest BCUT2D eigenvalue weighted by Gasteiger charge is 2.20. The zero-order valence-electron chi connectivity index (χ0n) is 13.4. The monoisotopic (exact) mass is 289 g/mol. The van der Waals surface area contributed by atoms with Gasteiger partial charge in [0, 0.05) is 12.6 Å². The molecule has 1 N–H and O–H groups in total. The van der Waals surface area contributed by atoms with Crippen LogP contribution in [-0.2, 0) is 0 Å². The summed E-state index contributed by atoms with van der Waals surface area (Å²) < 4.78 is 11.1. The smallest absolute Gasteiger partial charge is 0.161 e. The van der Waals surface area contributed by atoms with Gasteiger partial charge in [-0.2, -0.15) is 0 Å². The Kier molecular flexibility index (Phi) is 6.12. The van der Waals surface area contributed by atoms with E-state index in [1.54, 1.807) is 7.11 Å². The molecule has 1 saturated carbocycles. The molecule has 116 valence electrons. The summed E-state index contributed by atoms with van der Waals surface area (Å²) in [5.41, 5.74) is 2.59. The molecule has 0 amide bonds. The maximum atomic E-state index is 5.69. The molecule has 2 rings (SSSR count). The van der Waals surface area contributed by atoms with Gasteiger partial charge in [0.2, 0.25) is 0 Å². The van der Waals surface area contributed by atoms with Crippen LogP contribution in [-0.4, -0.2) is 26.3 Å². The maximum absolute atomic E-state index is 5.69. The number of benzene rings is 1. The fourth-order valence-electron chi connectivity index (χ4n) is 2.18. The first kappa shape index (κ1) is 15.9. The summed E-state index contributed by atoms with van der Waals surface area (Å²) in [7, 11) is 1.69. The first-order valence-electron chi connectivity index (χ1n) is 8.00. The van der Waals surface area contributed by atoms with Gasteiger partial charge in [-0.25, -0.2) is 0 Å². The van der Waals surface area contributed by atoms with E-state index in [9.17, 15) is 0 Å². The van der Waals surface area contributed by atoms with E-state index in [0.717, 1.165) is 43.5 Å². The van der Waals surface area contributed by atoms with Gasteiger partial charge in [0.05, 0.1) is 13.7 Å². The number of hydrogen-bond donors (Lipinski definition) is 1. The summed E-state index contributed by atoms with van der Waals surface area (Å²) >= 11 is 0. The molecule has 0 radical (unpaired) electrons. The van der Waals surface area contributed by atoms with Crippen molar-refractivity contribution in [3.63, 3.8) is 0 Å². The van der Waals surface area contributed by atoms with Crippen molar-refractivity contribution in [2.24, 2.45) is 0 Å². The highest BCUT2D eigenvalue weighted by Crippen LogP contribution is 2.29. The largest absolute Gasteiger partial charge is 0.493 e. The molecule has 3 heteroatoms. The molecule has 0 unspecified atom stereocenters. The SMILES string of the molecule is CCCOc1ccc(C=C(CC)CNC2CC2)cc1OC. The Bertz CT molecular complexity index is 478. The summed E-state index contributed by atoms with van der Waals surface area (Å²) in [6, 6.07) is 6.90. The summed E-state index contributed by atoms with van der Waals surface area (Å²) in [4.78, 5) is 0. The summed E-state index contributed by atoms with van der Waals surface area (Å²) in [5.74, 6) is 1.63. The Hall–Kier alpha value is -1.48. The lowest BCUT2D eigenvalue weighted by molar-refractivity contribution is 0.294. The molecule has 1 aromatic rings. The van der Waals surface area contributed by atoms with Gasteiger partial charge < -0.3 is 14.8 Å². The van der Waals surface area contributed by atoms with E-state index < -0.39 is 0 Å². The average Bonchev–Trinajstić information content (AvgIpc) is 3.34. The highest BCUT2D eigenvalue weighted by atomic mass is 16.5. The second kappa shape index (κ2) is 8.08. The van der Waals surface area contributed by atoms with Crippen molar-refractivity contribution >= 4 is 6.08 Å². The standard InChI is InChI=1S/C18H27NO2/c1-4-10-21-17-9-6-15(12-18(17)20-3)11-14(5-2)13-19-16-7-8-16/h6,9,11-12,16,19H,4-5,7-8,10,13H2,1-3H3. The normalized spacial score (nSPS) is 15.1. The molecule has 21 heavy (non-hydrogen) atoms. The minimum Gasteiger partial charge on any atom is -0.493 e. The summed E-state index contributed by atoms with van der Waals surface area (Å²) in [5, 5.41) is 3.57. The van der Waals surface area contributed by atoms with Gasteiger partial charge in [-0.3, -0.25) is 0 Å². The zero-order valence-corrected chi connectivity index (χ0v) is 13.4. The Morgan fingerprint density at radius 3 is 2.71 bits per heavy atom. The molecular weight excluding hydrogens is 262 g/mol. The lowest BCUT2D eigenvalue weighted by Crippen LogP contribution is -2.18. The van der Waals surface area contributed by atoms with E-state index in [1.807, 2.05) is 6.07 Å². The third-order valence-electron chi connectivity index (χ3n) is 3.67. The molecule has 3 nitrogen and oxygen atoms in total. The molecule has 1 aliphatic carbocycles. The van der Waals surface area contributed by atoms with Crippen molar-refractivity contribution < 1.29 is 9.47 Å². The predicted molar refractivity (Wildman–Crippen MR) is 88.1 cm³/mol. The molecule has 0 aromatic heterocycles. The van der Waals surface area contributed by atoms with Crippen molar-refractivity contribution in [1.29, 1.82) is 0 Å². The topological polar surface area (TPSA) is 30.5 Å². The number of hydrogen-bond acceptors (Lipinski definition) is 3. The molecule has 0 atom stereocenters. The van der Waals surface area contributed by atoms with Crippen LogP contribution in [0.1, 0.15) is 45.1 Å². The Labute approximate surface area is 128 Å². The fourth-order valence-corrected chi connectivity index (χ4v) is 2.18. The maximum Gasteiger partial charge on any atom is 0.161 e. The van der Waals surface area contributed by atoms with Crippen LogP contribution in [0.3, 0.4) is 0 Å². The van der Waals surface area contributed by atoms with Crippen LogP contribution in [0.2, 0.25) is 0 Å². The fraction of sp³-hybridized carbons (Fsp3) is 0.556. The zero-order chi connectivity index (χ0) is 15.1. The molecule has 1 fully saturated rings. The van der Waals surface area contributed by atoms with Crippen LogP contribution in [0.15, 0.2) is 23.8 Å². The molecular formula is C18H27NO2. The van der Waals surface area contributed by atoms with Gasteiger partial charge in [0.15, 0.2) is 11.5 Å². The molecule has 0 spiro atoms. The Balaban J connectivity index is 2.06. The van der Waals surface area contributed by atoms with Crippen molar-refractivity contribution in [2.75, 3.05) is 20.3 Å². The minimum atomic E-state index is 0.719. The van der Waals surface area contributed by atoms with Gasteiger partial charge in [0.25, 0.3) is 0 Å². The van der Waals surface area contributed by atoms with Gasteiger partial charge in [-0.1, -0.05) is 31.6 Å². The summed E-state index contributed by atoms with van der Waals surface area (Å²) in [6.07, 6.45) is 6.97. The minimum absolute atomic E-state index is 0.719. The second-order valence-electron chi connectivity index (χ2n) is 5.57. The van der Waals surface area contributed by atoms with E-state index in [2.05, 4.69) is 37.4 Å².